The van der Waals surface area contributed by atoms with Crippen LogP contribution in [0.5, 0.6) is 0 Å². The van der Waals surface area contributed by atoms with Crippen molar-refractivity contribution in [2.24, 2.45) is 0 Å². The molecule has 0 aliphatic carbocycles. The Labute approximate surface area is 186 Å². The Bertz CT molecular complexity index is 1210. The van der Waals surface area contributed by atoms with Crippen LogP contribution in [-0.2, 0) is 14.6 Å². The number of sulfone groups is 1. The second kappa shape index (κ2) is 8.75. The number of esters is 1. The number of hydrogen-bond acceptors (Lipinski definition) is 7. The first kappa shape index (κ1) is 22.3. The number of benzene rings is 1. The zero-order valence-electron chi connectivity index (χ0n) is 16.3. The van der Waals surface area contributed by atoms with Gasteiger partial charge in [-0.15, -0.1) is 11.3 Å². The third-order valence-corrected chi connectivity index (χ3v) is 7.58. The smallest absolute Gasteiger partial charge is 0.341 e. The highest BCUT2D eigenvalue weighted by atomic mass is 79.9. The molecule has 0 bridgehead atoms. The van der Waals surface area contributed by atoms with Crippen LogP contribution in [0.2, 0.25) is 0 Å². The highest BCUT2D eigenvalue weighted by Gasteiger charge is 2.26. The minimum atomic E-state index is -3.91. The summed E-state index contributed by atoms with van der Waals surface area (Å²) < 4.78 is 36.5. The predicted octanol–water partition coefficient (Wildman–Crippen LogP) is 4.98. The van der Waals surface area contributed by atoms with E-state index in [0.29, 0.717) is 10.6 Å². The highest BCUT2D eigenvalue weighted by molar-refractivity contribution is 9.10. The van der Waals surface area contributed by atoms with Crippen molar-refractivity contribution in [1.29, 1.82) is 0 Å². The zero-order chi connectivity index (χ0) is 22.1. The lowest BCUT2D eigenvalue weighted by Crippen LogP contribution is -2.14. The molecule has 7 nitrogen and oxygen atoms in total. The van der Waals surface area contributed by atoms with Gasteiger partial charge >= 0.3 is 5.97 Å². The number of hydrogen-bond donors (Lipinski definition) is 1. The molecule has 0 aliphatic heterocycles. The first-order chi connectivity index (χ1) is 14.1. The molecule has 0 aliphatic rings. The molecule has 3 rings (SSSR count). The Balaban J connectivity index is 1.87. The SMILES string of the molecule is CCOC(=O)c1c(NC(=O)c2ccc(S(=O)(=O)c3ccc(Br)cc3)o2)sc(C)c1C. The van der Waals surface area contributed by atoms with E-state index in [1.165, 1.54) is 35.6 Å². The van der Waals surface area contributed by atoms with Crippen molar-refractivity contribution in [2.45, 2.75) is 30.8 Å². The van der Waals surface area contributed by atoms with Crippen LogP contribution in [0.25, 0.3) is 0 Å². The van der Waals surface area contributed by atoms with Crippen molar-refractivity contribution in [3.8, 4) is 0 Å². The molecule has 3 aromatic rings. The average molecular weight is 512 g/mol. The Kier molecular flexibility index (Phi) is 6.49. The molecular formula is C20H18BrNO6S2. The molecular weight excluding hydrogens is 494 g/mol. The normalized spacial score (nSPS) is 11.3. The Morgan fingerprint density at radius 1 is 1.13 bits per heavy atom. The van der Waals surface area contributed by atoms with E-state index in [2.05, 4.69) is 21.2 Å². The zero-order valence-corrected chi connectivity index (χ0v) is 19.5. The van der Waals surface area contributed by atoms with E-state index in [0.717, 1.165) is 9.35 Å². The van der Waals surface area contributed by atoms with Gasteiger partial charge in [-0.25, -0.2) is 13.2 Å². The fourth-order valence-electron chi connectivity index (χ4n) is 2.65. The van der Waals surface area contributed by atoms with Crippen molar-refractivity contribution in [3.63, 3.8) is 0 Å². The number of furan rings is 1. The molecule has 0 unspecified atom stereocenters. The third-order valence-electron chi connectivity index (χ3n) is 4.29. The van der Waals surface area contributed by atoms with Crippen LogP contribution in [0.15, 0.2) is 55.3 Å². The molecule has 1 N–H and O–H groups in total. The van der Waals surface area contributed by atoms with Gasteiger partial charge in [0.05, 0.1) is 17.1 Å². The predicted molar refractivity (Wildman–Crippen MR) is 116 cm³/mol. The van der Waals surface area contributed by atoms with Crippen molar-refractivity contribution in [2.75, 3.05) is 11.9 Å². The minimum absolute atomic E-state index is 0.0427. The molecule has 30 heavy (non-hydrogen) atoms. The number of ether oxygens (including phenoxy) is 1. The standard InChI is InChI=1S/C20H18BrNO6S2/c1-4-27-20(24)17-11(2)12(3)29-19(17)22-18(23)15-9-10-16(28-15)30(25,26)14-7-5-13(21)6-8-14/h5-10H,4H2,1-3H3,(H,22,23). The molecule has 1 aromatic carbocycles. The topological polar surface area (TPSA) is 103 Å². The molecule has 0 saturated heterocycles. The molecule has 2 heterocycles. The fraction of sp³-hybridized carbons (Fsp3) is 0.200. The van der Waals surface area contributed by atoms with E-state index in [9.17, 15) is 18.0 Å². The van der Waals surface area contributed by atoms with Gasteiger partial charge in [-0.05, 0) is 62.7 Å². The van der Waals surface area contributed by atoms with Gasteiger partial charge in [0.1, 0.15) is 5.00 Å². The summed E-state index contributed by atoms with van der Waals surface area (Å²) in [5.41, 5.74) is 0.994. The number of anilines is 1. The summed E-state index contributed by atoms with van der Waals surface area (Å²) in [6.07, 6.45) is 0. The lowest BCUT2D eigenvalue weighted by Gasteiger charge is -2.06. The second-order valence-electron chi connectivity index (χ2n) is 6.24. The highest BCUT2D eigenvalue weighted by Crippen LogP contribution is 2.33. The molecule has 158 valence electrons. The molecule has 0 fully saturated rings. The van der Waals surface area contributed by atoms with Crippen LogP contribution < -0.4 is 5.32 Å². The molecule has 10 heteroatoms. The van der Waals surface area contributed by atoms with Crippen LogP contribution in [0.4, 0.5) is 5.00 Å². The summed E-state index contributed by atoms with van der Waals surface area (Å²) in [5.74, 6) is -1.39. The third kappa shape index (κ3) is 4.35. The monoisotopic (exact) mass is 511 g/mol. The van der Waals surface area contributed by atoms with Crippen molar-refractivity contribution < 1.29 is 27.2 Å². The van der Waals surface area contributed by atoms with Gasteiger partial charge in [-0.2, -0.15) is 0 Å². The number of carbonyl (C=O) groups excluding carboxylic acids is 2. The van der Waals surface area contributed by atoms with Crippen molar-refractivity contribution in [3.05, 3.63) is 62.6 Å². The number of carbonyl (C=O) groups is 2. The van der Waals surface area contributed by atoms with E-state index in [1.807, 2.05) is 6.92 Å². The number of rotatable bonds is 6. The van der Waals surface area contributed by atoms with E-state index >= 15 is 0 Å². The molecule has 0 atom stereocenters. The van der Waals surface area contributed by atoms with E-state index in [1.54, 1.807) is 26.0 Å². The van der Waals surface area contributed by atoms with Gasteiger partial charge in [-0.1, -0.05) is 15.9 Å². The minimum Gasteiger partial charge on any atom is -0.462 e. The van der Waals surface area contributed by atoms with E-state index in [4.69, 9.17) is 9.15 Å². The number of halogens is 1. The Hall–Kier alpha value is -2.43. The molecule has 0 radical (unpaired) electrons. The summed E-state index contributed by atoms with van der Waals surface area (Å²) >= 11 is 4.48. The maximum atomic E-state index is 12.7. The summed E-state index contributed by atoms with van der Waals surface area (Å²) in [5, 5.41) is 2.60. The quantitative estimate of drug-likeness (QED) is 0.468. The van der Waals surface area contributed by atoms with Gasteiger partial charge < -0.3 is 14.5 Å². The molecule has 0 spiro atoms. The summed E-state index contributed by atoms with van der Waals surface area (Å²) in [6, 6.07) is 8.57. The number of nitrogens with one attached hydrogen (secondary N) is 1. The van der Waals surface area contributed by atoms with Crippen LogP contribution in [0.1, 0.15) is 38.3 Å². The summed E-state index contributed by atoms with van der Waals surface area (Å²) in [7, 11) is -3.91. The van der Waals surface area contributed by atoms with Gasteiger partial charge in [0.2, 0.25) is 14.9 Å². The van der Waals surface area contributed by atoms with E-state index < -0.39 is 21.7 Å². The van der Waals surface area contributed by atoms with Crippen LogP contribution in [0.3, 0.4) is 0 Å². The van der Waals surface area contributed by atoms with Gasteiger partial charge in [0.25, 0.3) is 5.91 Å². The van der Waals surface area contributed by atoms with Crippen LogP contribution in [0, 0.1) is 13.8 Å². The fourth-order valence-corrected chi connectivity index (χ4v) is 5.13. The number of thiophene rings is 1. The number of aryl methyl sites for hydroxylation is 1. The maximum absolute atomic E-state index is 12.7. The molecule has 0 saturated carbocycles. The average Bonchev–Trinajstić information content (AvgIpc) is 3.29. The first-order valence-electron chi connectivity index (χ1n) is 8.84. The van der Waals surface area contributed by atoms with Crippen molar-refractivity contribution in [1.82, 2.24) is 0 Å². The van der Waals surface area contributed by atoms with E-state index in [-0.39, 0.29) is 27.9 Å². The lowest BCUT2D eigenvalue weighted by atomic mass is 10.1. The largest absolute Gasteiger partial charge is 0.462 e. The second-order valence-corrected chi connectivity index (χ2v) is 10.3. The maximum Gasteiger partial charge on any atom is 0.341 e. The summed E-state index contributed by atoms with van der Waals surface area (Å²) in [4.78, 5) is 25.8. The summed E-state index contributed by atoms with van der Waals surface area (Å²) in [6.45, 7) is 5.49. The van der Waals surface area contributed by atoms with Crippen molar-refractivity contribution >= 4 is 54.0 Å². The Morgan fingerprint density at radius 2 is 1.80 bits per heavy atom. The first-order valence-corrected chi connectivity index (χ1v) is 11.9. The lowest BCUT2D eigenvalue weighted by molar-refractivity contribution is 0.0527. The van der Waals surface area contributed by atoms with Gasteiger partial charge in [0.15, 0.2) is 5.76 Å². The van der Waals surface area contributed by atoms with Crippen LogP contribution >= 0.6 is 27.3 Å². The molecule has 2 aromatic heterocycles. The van der Waals surface area contributed by atoms with Gasteiger partial charge in [0, 0.05) is 9.35 Å². The Morgan fingerprint density at radius 3 is 2.43 bits per heavy atom. The van der Waals surface area contributed by atoms with Gasteiger partial charge in [-0.3, -0.25) is 4.79 Å². The van der Waals surface area contributed by atoms with Crippen LogP contribution in [-0.4, -0.2) is 26.9 Å². The molecule has 1 amide bonds. The number of amides is 1.